The number of thiophene rings is 1. The van der Waals surface area contributed by atoms with E-state index in [1.165, 1.54) is 68.4 Å². The van der Waals surface area contributed by atoms with Crippen LogP contribution in [0.1, 0.15) is 0 Å². The molecule has 0 fully saturated rings. The Labute approximate surface area is 267 Å². The van der Waals surface area contributed by atoms with E-state index in [1.54, 1.807) is 0 Å². The first kappa shape index (κ1) is 26.2. The van der Waals surface area contributed by atoms with Gasteiger partial charge in [0.15, 0.2) is 8.07 Å². The van der Waals surface area contributed by atoms with E-state index in [4.69, 9.17) is 0 Å². The summed E-state index contributed by atoms with van der Waals surface area (Å²) in [7, 11) is -2.81. The van der Waals surface area contributed by atoms with Crippen molar-refractivity contribution in [2.75, 3.05) is 0 Å². The molecular weight excluding hydrogens is 579 g/mol. The molecule has 212 valence electrons. The summed E-state index contributed by atoms with van der Waals surface area (Å²) in [5.41, 5.74) is 3.65. The summed E-state index contributed by atoms with van der Waals surface area (Å²) < 4.78 is 5.17. The van der Waals surface area contributed by atoms with Crippen LogP contribution in [0.5, 0.6) is 0 Å². The van der Waals surface area contributed by atoms with Crippen LogP contribution in [0.3, 0.4) is 0 Å². The highest BCUT2D eigenvalue weighted by Gasteiger charge is 2.43. The van der Waals surface area contributed by atoms with Crippen molar-refractivity contribution in [3.05, 3.63) is 176 Å². The summed E-state index contributed by atoms with van der Waals surface area (Å²) in [4.78, 5) is 0. The van der Waals surface area contributed by atoms with Crippen LogP contribution in [-0.4, -0.2) is 12.6 Å². The SMILES string of the molecule is c1ccc([Si](c2ccccc2)(c2cccc(-n3c4ccccc4c4ccccc43)c2)c2cccc3c2sc2ccccc23)cc1. The highest BCUT2D eigenvalue weighted by molar-refractivity contribution is 7.30. The lowest BCUT2D eigenvalue weighted by atomic mass is 10.1. The number of fused-ring (bicyclic) bond motifs is 6. The van der Waals surface area contributed by atoms with Crippen LogP contribution in [0.25, 0.3) is 47.7 Å². The van der Waals surface area contributed by atoms with Crippen molar-refractivity contribution in [1.29, 1.82) is 0 Å². The van der Waals surface area contributed by atoms with Gasteiger partial charge in [0.25, 0.3) is 0 Å². The van der Waals surface area contributed by atoms with Gasteiger partial charge in [0.05, 0.1) is 11.0 Å². The van der Waals surface area contributed by atoms with E-state index in [0.717, 1.165) is 0 Å². The fraction of sp³-hybridized carbons (Fsp3) is 0. The van der Waals surface area contributed by atoms with Crippen LogP contribution in [0.4, 0.5) is 0 Å². The van der Waals surface area contributed by atoms with Crippen LogP contribution in [0.2, 0.25) is 0 Å². The molecule has 0 aliphatic rings. The van der Waals surface area contributed by atoms with Crippen molar-refractivity contribution in [2.24, 2.45) is 0 Å². The van der Waals surface area contributed by atoms with E-state index in [-0.39, 0.29) is 0 Å². The molecule has 45 heavy (non-hydrogen) atoms. The number of aromatic nitrogens is 1. The van der Waals surface area contributed by atoms with Gasteiger partial charge < -0.3 is 4.57 Å². The topological polar surface area (TPSA) is 4.93 Å². The predicted octanol–water partition coefficient (Wildman–Crippen LogP) is 8.53. The van der Waals surface area contributed by atoms with Gasteiger partial charge in [0.1, 0.15) is 0 Å². The summed E-state index contributed by atoms with van der Waals surface area (Å²) >= 11 is 1.93. The number of rotatable bonds is 5. The predicted molar refractivity (Wildman–Crippen MR) is 197 cm³/mol. The molecule has 0 aliphatic carbocycles. The van der Waals surface area contributed by atoms with Gasteiger partial charge in [-0.05, 0) is 51.1 Å². The van der Waals surface area contributed by atoms with E-state index in [9.17, 15) is 0 Å². The number of hydrogen-bond acceptors (Lipinski definition) is 1. The molecule has 9 rings (SSSR count). The van der Waals surface area contributed by atoms with Crippen molar-refractivity contribution >= 4 is 82.1 Å². The molecule has 9 aromatic rings. The quantitative estimate of drug-likeness (QED) is 0.137. The average molecular weight is 608 g/mol. The third-order valence-electron chi connectivity index (χ3n) is 9.34. The molecule has 7 aromatic carbocycles. The molecule has 0 unspecified atom stereocenters. The van der Waals surface area contributed by atoms with E-state index in [2.05, 4.69) is 180 Å². The minimum absolute atomic E-state index is 1.19. The Morgan fingerprint density at radius 3 is 1.58 bits per heavy atom. The Morgan fingerprint density at radius 1 is 0.400 bits per heavy atom. The Balaban J connectivity index is 1.42. The molecule has 2 heterocycles. The van der Waals surface area contributed by atoms with Gasteiger partial charge in [-0.2, -0.15) is 0 Å². The first-order valence-corrected chi connectivity index (χ1v) is 18.3. The summed E-state index contributed by atoms with van der Waals surface area (Å²) in [5.74, 6) is 0. The first-order valence-electron chi connectivity index (χ1n) is 15.4. The maximum absolute atomic E-state index is 2.81. The number of para-hydroxylation sites is 2. The molecule has 0 amide bonds. The third-order valence-corrected chi connectivity index (χ3v) is 15.5. The number of benzene rings is 7. The second-order valence-corrected chi connectivity index (χ2v) is 16.5. The molecule has 0 saturated heterocycles. The van der Waals surface area contributed by atoms with Crippen molar-refractivity contribution in [3.8, 4) is 5.69 Å². The van der Waals surface area contributed by atoms with Crippen LogP contribution in [-0.2, 0) is 0 Å². The molecule has 0 radical (unpaired) electrons. The molecule has 1 nitrogen and oxygen atoms in total. The van der Waals surface area contributed by atoms with Crippen LogP contribution >= 0.6 is 11.3 Å². The molecule has 0 atom stereocenters. The minimum atomic E-state index is -2.81. The van der Waals surface area contributed by atoms with E-state index in [1.807, 2.05) is 11.3 Å². The Hall–Kier alpha value is -5.22. The Morgan fingerprint density at radius 2 is 0.911 bits per heavy atom. The van der Waals surface area contributed by atoms with Crippen molar-refractivity contribution < 1.29 is 0 Å². The normalized spacial score (nSPS) is 12.0. The van der Waals surface area contributed by atoms with E-state index >= 15 is 0 Å². The second-order valence-electron chi connectivity index (χ2n) is 11.7. The smallest absolute Gasteiger partial charge is 0.181 e. The molecule has 0 aliphatic heterocycles. The van der Waals surface area contributed by atoms with Gasteiger partial charge in [-0.25, -0.2) is 0 Å². The monoisotopic (exact) mass is 607 g/mol. The molecule has 0 spiro atoms. The van der Waals surface area contributed by atoms with E-state index < -0.39 is 8.07 Å². The Bertz CT molecular complexity index is 2400. The minimum Gasteiger partial charge on any atom is -0.309 e. The number of nitrogens with zero attached hydrogens (tertiary/aromatic N) is 1. The lowest BCUT2D eigenvalue weighted by Gasteiger charge is -2.35. The van der Waals surface area contributed by atoms with E-state index in [0.29, 0.717) is 0 Å². The van der Waals surface area contributed by atoms with Gasteiger partial charge >= 0.3 is 0 Å². The molecular formula is C42H29NSSi. The fourth-order valence-corrected chi connectivity index (χ4v) is 14.0. The van der Waals surface area contributed by atoms with Gasteiger partial charge in [0, 0.05) is 36.6 Å². The summed E-state index contributed by atoms with van der Waals surface area (Å²) in [6.45, 7) is 0. The van der Waals surface area contributed by atoms with Gasteiger partial charge in [-0.15, -0.1) is 11.3 Å². The fourth-order valence-electron chi connectivity index (χ4n) is 7.46. The summed E-state index contributed by atoms with van der Waals surface area (Å²) in [5, 5.41) is 10.8. The standard InChI is InChI=1S/C42H29NSSi/c1-3-16-31(17-4-1)45(32-18-5-2-6-19-32,41-28-14-24-37-36-23-9-12-27-40(36)44-42(37)41)33-20-13-15-30(29-33)43-38-25-10-7-21-34(38)35-22-8-11-26-39(35)43/h1-29H. The lowest BCUT2D eigenvalue weighted by Crippen LogP contribution is -2.74. The molecule has 3 heteroatoms. The zero-order valence-corrected chi connectivity index (χ0v) is 26.4. The summed E-state index contributed by atoms with van der Waals surface area (Å²) in [6.07, 6.45) is 0. The average Bonchev–Trinajstić information content (AvgIpc) is 3.66. The van der Waals surface area contributed by atoms with Crippen LogP contribution in [0, 0.1) is 0 Å². The van der Waals surface area contributed by atoms with Crippen molar-refractivity contribution in [3.63, 3.8) is 0 Å². The molecule has 2 aromatic heterocycles. The molecule has 0 saturated carbocycles. The maximum atomic E-state index is 2.48. The van der Waals surface area contributed by atoms with Gasteiger partial charge in [0.2, 0.25) is 0 Å². The highest BCUT2D eigenvalue weighted by Crippen LogP contribution is 2.35. The van der Waals surface area contributed by atoms with Crippen molar-refractivity contribution in [2.45, 2.75) is 0 Å². The Kier molecular flexibility index (Phi) is 6.08. The zero-order valence-electron chi connectivity index (χ0n) is 24.6. The third kappa shape index (κ3) is 3.91. The first-order chi connectivity index (χ1) is 22.3. The largest absolute Gasteiger partial charge is 0.309 e. The van der Waals surface area contributed by atoms with Crippen LogP contribution in [0.15, 0.2) is 176 Å². The maximum Gasteiger partial charge on any atom is 0.181 e. The molecule has 0 bridgehead atoms. The molecule has 0 N–H and O–H groups in total. The number of hydrogen-bond donors (Lipinski definition) is 0. The van der Waals surface area contributed by atoms with Crippen LogP contribution < -0.4 is 20.7 Å². The second kappa shape index (κ2) is 10.4. The van der Waals surface area contributed by atoms with Crippen molar-refractivity contribution in [1.82, 2.24) is 4.57 Å². The van der Waals surface area contributed by atoms with Gasteiger partial charge in [-0.3, -0.25) is 0 Å². The lowest BCUT2D eigenvalue weighted by molar-refractivity contribution is 1.18. The summed E-state index contributed by atoms with van der Waals surface area (Å²) in [6, 6.07) is 65.4. The van der Waals surface area contributed by atoms with Gasteiger partial charge in [-0.1, -0.05) is 146 Å². The zero-order chi connectivity index (χ0) is 29.8. The highest BCUT2D eigenvalue weighted by atomic mass is 32.1.